The molecule has 13 N–H and O–H groups in total. The van der Waals surface area contributed by atoms with Gasteiger partial charge in [0.1, 0.15) is 16.8 Å². The number of aromatic hydroxyl groups is 1. The zero-order valence-corrected chi connectivity index (χ0v) is 59.5. The van der Waals surface area contributed by atoms with Crippen LogP contribution in [0.25, 0.3) is 0 Å². The minimum atomic E-state index is -0.844. The van der Waals surface area contributed by atoms with E-state index in [2.05, 4.69) is 30.6 Å². The van der Waals surface area contributed by atoms with Crippen molar-refractivity contribution in [1.82, 2.24) is 58.4 Å². The van der Waals surface area contributed by atoms with E-state index in [-0.39, 0.29) is 89.2 Å². The third kappa shape index (κ3) is 30.6. The summed E-state index contributed by atoms with van der Waals surface area (Å²) in [5, 5.41) is 48.4. The van der Waals surface area contributed by atoms with Gasteiger partial charge in [-0.1, -0.05) is 0 Å². The molecule has 0 aliphatic carbocycles. The van der Waals surface area contributed by atoms with Gasteiger partial charge in [0.2, 0.25) is 0 Å². The zero-order chi connectivity index (χ0) is 73.7. The summed E-state index contributed by atoms with van der Waals surface area (Å²) in [7, 11) is 0. The molecule has 0 saturated heterocycles. The number of carbonyl (C=O) groups excluding carboxylic acids is 3. The minimum absolute atomic E-state index is 0. The Labute approximate surface area is 578 Å². The minimum Gasteiger partial charge on any atom is -0.499 e. The summed E-state index contributed by atoms with van der Waals surface area (Å²) in [4.78, 5) is 143. The molecule has 0 aliphatic heterocycles. The van der Waals surface area contributed by atoms with Crippen molar-refractivity contribution in [2.75, 3.05) is 33.0 Å². The topological polar surface area (TPSA) is 478 Å². The van der Waals surface area contributed by atoms with Crippen LogP contribution < -0.4 is 66.3 Å². The van der Waals surface area contributed by atoms with Gasteiger partial charge in [0, 0.05) is 78.5 Å². The second kappa shape index (κ2) is 41.9. The van der Waals surface area contributed by atoms with Gasteiger partial charge in [-0.3, -0.25) is 76.5 Å². The highest BCUT2D eigenvalue weighted by molar-refractivity contribution is 7.11. The molecule has 32 nitrogen and oxygen atoms in total. The molecule has 540 valence electrons. The van der Waals surface area contributed by atoms with Crippen LogP contribution in [0, 0.1) is 41.5 Å². The van der Waals surface area contributed by atoms with Crippen molar-refractivity contribution in [3.05, 3.63) is 211 Å². The third-order valence-electron chi connectivity index (χ3n) is 12.4. The number of rotatable bonds is 18. The van der Waals surface area contributed by atoms with E-state index < -0.39 is 72.9 Å². The van der Waals surface area contributed by atoms with E-state index in [9.17, 15) is 52.7 Å². The van der Waals surface area contributed by atoms with Crippen molar-refractivity contribution in [3.8, 4) is 5.06 Å². The number of hydrogen-bond donors (Lipinski definition) is 11. The molecule has 98 heavy (non-hydrogen) atoms. The van der Waals surface area contributed by atoms with Crippen molar-refractivity contribution in [1.29, 1.82) is 0 Å². The van der Waals surface area contributed by atoms with Gasteiger partial charge in [-0.05, 0) is 154 Å². The lowest BCUT2D eigenvalue weighted by atomic mass is 10.2. The molecule has 2 amide bonds. The number of aryl methyl sites for hydroxylation is 6. The van der Waals surface area contributed by atoms with E-state index in [0.29, 0.717) is 71.0 Å². The molecule has 0 spiro atoms. The average Bonchev–Trinajstić information content (AvgIpc) is 0.812. The molecule has 0 radical (unpaired) electrons. The first-order chi connectivity index (χ1) is 45.3. The van der Waals surface area contributed by atoms with Gasteiger partial charge >= 0.3 is 34.1 Å². The SMILES string of the molecule is CC(=O)c1c(O)sc(=O)[nH]c1=O.Cc1cc(=O)[nH]c(=O)n1CCO.Cc1cc(CN)cc(Cn2c(=O)cc(C)n(CCO)c2=O)n1.Cc1cc(CNC(=O)OC(C)(C)C)cc(CCl)n1.Cc1cc(CNC(=O)OC(C)(C)C)cc(Cn2c(=O)cc(C)n(CCO)c2=O)n1.Cl.NCCO. The zero-order valence-electron chi connectivity index (χ0n) is 57.1. The Bertz CT molecular complexity index is 4300. The van der Waals surface area contributed by atoms with Crippen molar-refractivity contribution >= 4 is 53.3 Å². The monoisotopic (exact) mass is 1430 g/mol. The molecule has 7 aromatic heterocycles. The van der Waals surface area contributed by atoms with Crippen LogP contribution in [0.15, 0.2) is 93.0 Å². The summed E-state index contributed by atoms with van der Waals surface area (Å²) in [5.74, 6) is -0.203. The first-order valence-corrected chi connectivity index (χ1v) is 31.3. The molecule has 0 aliphatic rings. The van der Waals surface area contributed by atoms with Crippen LogP contribution >= 0.6 is 35.3 Å². The number of aliphatic hydroxyl groups excluding tert-OH is 4. The summed E-state index contributed by atoms with van der Waals surface area (Å²) in [6.07, 6.45) is -0.959. The first-order valence-electron chi connectivity index (χ1n) is 30.0. The Hall–Kier alpha value is -9.06. The van der Waals surface area contributed by atoms with Crippen LogP contribution in [0.3, 0.4) is 0 Å². The number of ether oxygens (including phenoxy) is 2. The lowest BCUT2D eigenvalue weighted by Gasteiger charge is -2.19. The van der Waals surface area contributed by atoms with Gasteiger partial charge in [-0.2, -0.15) is 0 Å². The highest BCUT2D eigenvalue weighted by Gasteiger charge is 2.19. The highest BCUT2D eigenvalue weighted by Crippen LogP contribution is 2.15. The number of nitrogens with one attached hydrogen (secondary N) is 4. The van der Waals surface area contributed by atoms with Crippen molar-refractivity contribution in [2.24, 2.45) is 11.5 Å². The maximum atomic E-state index is 12.6. The quantitative estimate of drug-likeness (QED) is 0.0430. The predicted octanol–water partition coefficient (Wildman–Crippen LogP) is 1.66. The Kier molecular flexibility index (Phi) is 37.2. The molecule has 0 fully saturated rings. The molecule has 7 rings (SSSR count). The van der Waals surface area contributed by atoms with Gasteiger partial charge in [0.25, 0.3) is 22.2 Å². The molecule has 0 saturated carbocycles. The number of halogens is 2. The fourth-order valence-electron chi connectivity index (χ4n) is 8.53. The second-order valence-electron chi connectivity index (χ2n) is 23.2. The molecule has 0 bridgehead atoms. The van der Waals surface area contributed by atoms with Crippen molar-refractivity contribution in [3.63, 3.8) is 0 Å². The number of carbonyl (C=O) groups is 3. The van der Waals surface area contributed by atoms with Crippen molar-refractivity contribution in [2.45, 2.75) is 159 Å². The predicted molar refractivity (Wildman–Crippen MR) is 372 cm³/mol. The smallest absolute Gasteiger partial charge is 0.407 e. The molecule has 0 atom stereocenters. The maximum absolute atomic E-state index is 12.6. The lowest BCUT2D eigenvalue weighted by molar-refractivity contribution is 0.0512. The van der Waals surface area contributed by atoms with E-state index >= 15 is 0 Å². The number of aromatic nitrogens is 10. The molecule has 0 aromatic carbocycles. The van der Waals surface area contributed by atoms with Gasteiger partial charge in [-0.25, -0.2) is 24.0 Å². The van der Waals surface area contributed by atoms with E-state index in [0.717, 1.165) is 49.8 Å². The van der Waals surface area contributed by atoms with Crippen LogP contribution in [0.2, 0.25) is 0 Å². The van der Waals surface area contributed by atoms with E-state index in [4.69, 9.17) is 58.1 Å². The third-order valence-corrected chi connectivity index (χ3v) is 13.4. The Morgan fingerprint density at radius 1 is 0.561 bits per heavy atom. The number of ketones is 1. The van der Waals surface area contributed by atoms with Crippen LogP contribution in [0.4, 0.5) is 9.59 Å². The molecule has 0 unspecified atom stereocenters. The van der Waals surface area contributed by atoms with Crippen molar-refractivity contribution < 1.29 is 49.4 Å². The summed E-state index contributed by atoms with van der Waals surface area (Å²) < 4.78 is 16.6. The molecule has 7 heterocycles. The van der Waals surface area contributed by atoms with Crippen LogP contribution in [0.1, 0.15) is 127 Å². The number of aliphatic hydroxyl groups is 4. The average molecular weight is 1430 g/mol. The molecule has 7 aromatic rings. The largest absolute Gasteiger partial charge is 0.499 e. The van der Waals surface area contributed by atoms with E-state index in [1.807, 2.05) is 63.9 Å². The first kappa shape index (κ1) is 87.0. The van der Waals surface area contributed by atoms with E-state index in [1.165, 1.54) is 31.9 Å². The summed E-state index contributed by atoms with van der Waals surface area (Å²) >= 11 is 6.17. The van der Waals surface area contributed by atoms with Gasteiger partial charge < -0.3 is 57.1 Å². The molecule has 35 heteroatoms. The lowest BCUT2D eigenvalue weighted by Crippen LogP contribution is -2.41. The number of alkyl carbamates (subject to hydrolysis) is 2. The van der Waals surface area contributed by atoms with Gasteiger partial charge in [0.05, 0.1) is 82.1 Å². The number of aromatic amines is 2. The van der Waals surface area contributed by atoms with Crippen LogP contribution in [-0.4, -0.2) is 135 Å². The van der Waals surface area contributed by atoms with Gasteiger partial charge in [-0.15, -0.1) is 24.0 Å². The second-order valence-corrected chi connectivity index (χ2v) is 24.4. The highest BCUT2D eigenvalue weighted by atomic mass is 35.5. The Morgan fingerprint density at radius 2 is 0.939 bits per heavy atom. The van der Waals surface area contributed by atoms with E-state index in [1.54, 1.807) is 60.6 Å². The Balaban J connectivity index is 0.000000624. The Morgan fingerprint density at radius 3 is 1.30 bits per heavy atom. The summed E-state index contributed by atoms with van der Waals surface area (Å²) in [6, 6.07) is 15.0. The van der Waals surface area contributed by atoms with Crippen LogP contribution in [-0.2, 0) is 67.7 Å². The maximum Gasteiger partial charge on any atom is 0.407 e. The number of nitrogens with two attached hydrogens (primary N) is 2. The number of H-pyrrole nitrogens is 2. The number of nitrogens with zero attached hydrogens (tertiary/aromatic N) is 8. The van der Waals surface area contributed by atoms with Crippen LogP contribution in [0.5, 0.6) is 5.06 Å². The molecular weight excluding hydrogens is 1340 g/mol. The standard InChI is InChI=1S/C20H28N4O5.C15H20N4O3.C13H19ClN2O2.C7H10N2O3.C6H5NO4S.C2H7NO.ClH/c1-13-8-15(11-21-18(27)29-20(3,4)5)10-16(22-13)12-24-17(26)9-14(2)23(6-7-25)19(24)28;1-10-5-12(8-16)7-13(17-10)9-19-14(21)6-11(2)18(3-4-20)15(19)22;1-9-5-10(6-11(7-14)16-9)8-15-12(17)18-13(2,3)4;1-5-4-6(11)8-7(12)9(5)2-3-10;1-2(8)3-4(9)7-6(11)12-5(3)10;3-1-2-4;/h8-10,25H,6-7,11-12H2,1-5H3,(H,21,27);5-7,20H,3-4,8-9,16H2,1-2H3;5-6H,7-8H2,1-4H3,(H,15,17);4,10H,2-3H2,1H3,(H,8,11,12);10H,1H3,(H,7,9,11);4H,1-3H2;1H. The van der Waals surface area contributed by atoms with Gasteiger partial charge in [0.15, 0.2) is 10.8 Å². The molecular formula is C63H90Cl2N14O18S. The number of alkyl halides is 1. The number of hydrogen-bond acceptors (Lipinski definition) is 24. The number of pyridine rings is 3. The summed E-state index contributed by atoms with van der Waals surface area (Å²) in [6.45, 7) is 24.0. The fourth-order valence-corrected chi connectivity index (χ4v) is 9.32. The number of Topliss-reactive ketones (excluding diaryl/α,β-unsaturated/α-hetero) is 1. The number of amides is 2. The normalized spacial score (nSPS) is 10.6. The summed E-state index contributed by atoms with van der Waals surface area (Å²) in [5.41, 5.74) is 14.0. The fraction of sp³-hybridized carbons (Fsp3) is 0.460.